The molecule has 1 heterocycles. The normalized spacial score (nSPS) is 44.5. The van der Waals surface area contributed by atoms with E-state index in [9.17, 15) is 23.9 Å². The van der Waals surface area contributed by atoms with Crippen LogP contribution in [0, 0.1) is 28.6 Å². The number of hydrogen-bond donors (Lipinski definition) is 1. The van der Waals surface area contributed by atoms with Crippen molar-refractivity contribution in [1.29, 1.82) is 0 Å². The smallest absolute Gasteiger partial charge is 0.360 e. The van der Waals surface area contributed by atoms with Crippen molar-refractivity contribution in [1.82, 2.24) is 8.75 Å². The lowest BCUT2D eigenvalue weighted by Crippen LogP contribution is -2.70. The number of ketones is 1. The van der Waals surface area contributed by atoms with Crippen molar-refractivity contribution in [2.24, 2.45) is 28.6 Å². The Hall–Kier alpha value is -2.05. The highest BCUT2D eigenvalue weighted by Gasteiger charge is 2.78. The van der Waals surface area contributed by atoms with E-state index < -0.39 is 75.0 Å². The maximum atomic E-state index is 17.4. The fourth-order valence-corrected chi connectivity index (χ4v) is 9.02. The van der Waals surface area contributed by atoms with Gasteiger partial charge in [0, 0.05) is 22.7 Å². The molecule has 3 fully saturated rings. The number of thioether (sulfide) groups is 1. The zero-order valence-electron chi connectivity index (χ0n) is 20.4. The minimum Gasteiger partial charge on any atom is -0.444 e. The number of halogens is 3. The summed E-state index contributed by atoms with van der Waals surface area (Å²) in [6.45, 7) is 4.78. The quantitative estimate of drug-likeness (QED) is 0.551. The number of ether oxygens (including phenoxy) is 1. The third-order valence-corrected chi connectivity index (χ3v) is 10.6. The van der Waals surface area contributed by atoms with Crippen LogP contribution in [-0.4, -0.2) is 60.3 Å². The Morgan fingerprint density at radius 2 is 2.03 bits per heavy atom. The molecule has 0 bridgehead atoms. The van der Waals surface area contributed by atoms with E-state index in [0.29, 0.717) is 11.8 Å². The fraction of sp³-hybridized carbons (Fsp3) is 0.640. The molecule has 4 aliphatic rings. The number of carbonyl (C=O) groups is 3. The Morgan fingerprint density at radius 1 is 1.30 bits per heavy atom. The van der Waals surface area contributed by atoms with E-state index in [1.54, 1.807) is 13.8 Å². The Bertz CT molecular complexity index is 1210. The highest BCUT2D eigenvalue weighted by Crippen LogP contribution is 2.72. The van der Waals surface area contributed by atoms with Gasteiger partial charge in [0.15, 0.2) is 22.7 Å². The molecule has 5 unspecified atom stereocenters. The van der Waals surface area contributed by atoms with Crippen LogP contribution in [0.5, 0.6) is 0 Å². The second-order valence-corrected chi connectivity index (χ2v) is 12.4. The van der Waals surface area contributed by atoms with Crippen molar-refractivity contribution in [2.75, 3.05) is 6.01 Å². The number of hydrogen-bond acceptors (Lipinski definition) is 9. The molecule has 9 atom stereocenters. The first-order valence-electron chi connectivity index (χ1n) is 12.1. The first-order chi connectivity index (χ1) is 17.4. The predicted octanol–water partition coefficient (Wildman–Crippen LogP) is 4.19. The third-order valence-electron chi connectivity index (χ3n) is 9.48. The molecule has 0 saturated heterocycles. The predicted molar refractivity (Wildman–Crippen MR) is 130 cm³/mol. The van der Waals surface area contributed by atoms with Crippen LogP contribution in [0.1, 0.15) is 50.5 Å². The van der Waals surface area contributed by atoms with Gasteiger partial charge in [-0.05, 0) is 61.6 Å². The summed E-state index contributed by atoms with van der Waals surface area (Å²) in [5.41, 5.74) is -7.32. The number of nitrogens with zero attached hydrogens (tertiary/aromatic N) is 2. The molecule has 12 heteroatoms. The van der Waals surface area contributed by atoms with Crippen LogP contribution < -0.4 is 0 Å². The van der Waals surface area contributed by atoms with Gasteiger partial charge in [-0.15, -0.1) is 0 Å². The number of fused-ring (bicyclic) bond motifs is 5. The van der Waals surface area contributed by atoms with E-state index in [-0.39, 0.29) is 30.5 Å². The van der Waals surface area contributed by atoms with E-state index >= 15 is 8.78 Å². The molecular formula is C25H27F3N2O5S2. The molecule has 0 spiro atoms. The Labute approximate surface area is 220 Å². The maximum absolute atomic E-state index is 17.4. The largest absolute Gasteiger partial charge is 0.444 e. The van der Waals surface area contributed by atoms with Crippen molar-refractivity contribution >= 4 is 40.4 Å². The minimum atomic E-state index is -2.35. The summed E-state index contributed by atoms with van der Waals surface area (Å²) in [6.07, 6.45) is 1.06. The second-order valence-electron chi connectivity index (χ2n) is 11.0. The van der Waals surface area contributed by atoms with E-state index in [0.717, 1.165) is 17.8 Å². The number of aromatic nitrogens is 2. The molecule has 0 radical (unpaired) electrons. The summed E-state index contributed by atoms with van der Waals surface area (Å²) >= 11 is 1.12. The molecule has 5 rings (SSSR count). The molecule has 0 amide bonds. The first-order valence-corrected chi connectivity index (χ1v) is 13.8. The highest BCUT2D eigenvalue weighted by molar-refractivity contribution is 8.13. The third kappa shape index (κ3) is 3.33. The molecule has 1 aromatic heterocycles. The molecule has 3 saturated carbocycles. The van der Waals surface area contributed by atoms with Crippen LogP contribution >= 0.6 is 23.5 Å². The Morgan fingerprint density at radius 3 is 2.68 bits per heavy atom. The molecule has 4 aliphatic carbocycles. The van der Waals surface area contributed by atoms with Gasteiger partial charge in [0.2, 0.25) is 5.12 Å². The van der Waals surface area contributed by atoms with Crippen molar-refractivity contribution in [3.8, 4) is 0 Å². The van der Waals surface area contributed by atoms with Gasteiger partial charge in [-0.2, -0.15) is 8.75 Å². The molecular weight excluding hydrogens is 529 g/mol. The number of allylic oxidation sites excluding steroid dienone is 4. The van der Waals surface area contributed by atoms with Crippen molar-refractivity contribution in [3.63, 3.8) is 0 Å². The zero-order valence-corrected chi connectivity index (χ0v) is 22.1. The van der Waals surface area contributed by atoms with E-state index in [2.05, 4.69) is 8.75 Å². The van der Waals surface area contributed by atoms with Gasteiger partial charge in [0.05, 0.1) is 24.0 Å². The summed E-state index contributed by atoms with van der Waals surface area (Å²) in [4.78, 5) is 38.7. The maximum Gasteiger partial charge on any atom is 0.360 e. The summed E-state index contributed by atoms with van der Waals surface area (Å²) in [7, 11) is 0. The molecule has 0 aliphatic heterocycles. The van der Waals surface area contributed by atoms with Gasteiger partial charge in [-0.1, -0.05) is 19.9 Å². The van der Waals surface area contributed by atoms with Crippen LogP contribution in [0.4, 0.5) is 13.2 Å². The lowest BCUT2D eigenvalue weighted by atomic mass is 9.44. The highest BCUT2D eigenvalue weighted by atomic mass is 32.2. The summed E-state index contributed by atoms with van der Waals surface area (Å²) < 4.78 is 60.0. The number of alkyl halides is 3. The van der Waals surface area contributed by atoms with E-state index in [1.165, 1.54) is 25.3 Å². The summed E-state index contributed by atoms with van der Waals surface area (Å²) in [6, 6.07) is -1.07. The number of aliphatic hydroxyl groups is 1. The van der Waals surface area contributed by atoms with Gasteiger partial charge >= 0.3 is 5.97 Å². The van der Waals surface area contributed by atoms with E-state index in [4.69, 9.17) is 4.74 Å². The monoisotopic (exact) mass is 556 g/mol. The molecule has 0 aromatic carbocycles. The van der Waals surface area contributed by atoms with Crippen LogP contribution in [-0.2, 0) is 14.3 Å². The number of rotatable bonds is 4. The number of esters is 1. The lowest BCUT2D eigenvalue weighted by molar-refractivity contribution is -0.221. The SMILES string of the molecule is CC1C[C@H]2[C@@H]3CC(F)C4=CC(=O)C=C[C@]4(C)C3(F)C(O)C[C@]2(C)C1(OC(=O)c1cnsn1)C(=O)SCF. The van der Waals surface area contributed by atoms with Gasteiger partial charge in [0.25, 0.3) is 0 Å². The summed E-state index contributed by atoms with van der Waals surface area (Å²) in [5, 5.41) is 10.7. The topological polar surface area (TPSA) is 106 Å². The zero-order chi connectivity index (χ0) is 27.0. The lowest BCUT2D eigenvalue weighted by Gasteiger charge is -2.63. The van der Waals surface area contributed by atoms with Crippen molar-refractivity contribution in [2.45, 2.75) is 63.6 Å². The van der Waals surface area contributed by atoms with Gasteiger partial charge < -0.3 is 9.84 Å². The van der Waals surface area contributed by atoms with Crippen LogP contribution in [0.2, 0.25) is 0 Å². The standard InChI is InChI=1S/C25H27F3N2O5S2/c1-12-6-14-15-8-17(27)16-7-13(31)4-5-22(16,2)24(15,28)19(32)9-23(14,3)25(12,21(34)36-11-26)35-20(33)18-10-29-37-30-18/h4-5,7,10,12,14-15,17,19,32H,6,8-9,11H2,1-3H3/t12?,14-,15-,17?,19?,22-,23-,24?,25?/m0/s1. The van der Waals surface area contributed by atoms with Gasteiger partial charge in [0.1, 0.15) is 12.2 Å². The molecule has 1 aromatic rings. The van der Waals surface area contributed by atoms with Crippen molar-refractivity contribution in [3.05, 3.63) is 35.7 Å². The van der Waals surface area contributed by atoms with Crippen LogP contribution in [0.15, 0.2) is 30.0 Å². The molecule has 200 valence electrons. The molecule has 1 N–H and O–H groups in total. The fourth-order valence-electron chi connectivity index (χ4n) is 7.83. The average molecular weight is 557 g/mol. The molecule has 37 heavy (non-hydrogen) atoms. The number of aliphatic hydroxyl groups excluding tert-OH is 1. The Balaban J connectivity index is 1.64. The average Bonchev–Trinajstić information content (AvgIpc) is 3.45. The second kappa shape index (κ2) is 8.74. The minimum absolute atomic E-state index is 0.00904. The molecule has 7 nitrogen and oxygen atoms in total. The van der Waals surface area contributed by atoms with Crippen LogP contribution in [0.3, 0.4) is 0 Å². The summed E-state index contributed by atoms with van der Waals surface area (Å²) in [5.74, 6) is -3.82. The van der Waals surface area contributed by atoms with Crippen LogP contribution in [0.25, 0.3) is 0 Å². The first kappa shape index (κ1) is 26.6. The Kier molecular flexibility index (Phi) is 6.27. The number of carbonyl (C=O) groups excluding carboxylic acids is 3. The van der Waals surface area contributed by atoms with Gasteiger partial charge in [-0.25, -0.2) is 18.0 Å². The van der Waals surface area contributed by atoms with Gasteiger partial charge in [-0.3, -0.25) is 9.59 Å². The van der Waals surface area contributed by atoms with E-state index in [1.807, 2.05) is 0 Å². The van der Waals surface area contributed by atoms with Crippen molar-refractivity contribution < 1.29 is 37.4 Å².